The van der Waals surface area contributed by atoms with Crippen molar-refractivity contribution in [3.05, 3.63) is 22.5 Å². The molecule has 134 valence electrons. The summed E-state index contributed by atoms with van der Waals surface area (Å²) in [7, 11) is 0. The van der Waals surface area contributed by atoms with Crippen LogP contribution in [0, 0.1) is 10.1 Å². The third-order valence-electron chi connectivity index (χ3n) is 5.22. The maximum Gasteiger partial charge on any atom is 0.306 e. The molecule has 0 spiro atoms. The van der Waals surface area contributed by atoms with Crippen molar-refractivity contribution in [3.63, 3.8) is 0 Å². The number of aliphatic hydroxyl groups excluding tert-OH is 1. The number of likely N-dealkylation sites (tertiary alicyclic amines) is 1. The fourth-order valence-electron chi connectivity index (χ4n) is 4.31. The quantitative estimate of drug-likeness (QED) is 0.618. The van der Waals surface area contributed by atoms with Crippen LogP contribution in [0.4, 0.5) is 5.69 Å². The lowest BCUT2D eigenvalue weighted by Gasteiger charge is -2.32. The number of hydrogen-bond acceptors (Lipinski definition) is 6. The summed E-state index contributed by atoms with van der Waals surface area (Å²) in [6.45, 7) is 7.39. The van der Waals surface area contributed by atoms with Crippen LogP contribution in [-0.2, 0) is 6.54 Å². The minimum Gasteiger partial charge on any atom is -0.390 e. The molecule has 2 fully saturated rings. The second-order valence-corrected chi connectivity index (χ2v) is 7.31. The highest BCUT2D eigenvalue weighted by molar-refractivity contribution is 5.20. The molecule has 3 rings (SSSR count). The molecule has 0 amide bonds. The molecular weight excluding hydrogens is 310 g/mol. The van der Waals surface area contributed by atoms with Crippen LogP contribution in [0.1, 0.15) is 33.1 Å². The lowest BCUT2D eigenvalue weighted by Crippen LogP contribution is -2.44. The van der Waals surface area contributed by atoms with E-state index < -0.39 is 11.0 Å². The second-order valence-electron chi connectivity index (χ2n) is 7.31. The molecule has 0 saturated carbocycles. The molecule has 1 aromatic rings. The Hall–Kier alpha value is -1.51. The van der Waals surface area contributed by atoms with E-state index >= 15 is 0 Å². The van der Waals surface area contributed by atoms with Crippen molar-refractivity contribution >= 4 is 5.69 Å². The Morgan fingerprint density at radius 3 is 2.75 bits per heavy atom. The minimum absolute atomic E-state index is 0.0399. The molecule has 2 saturated heterocycles. The van der Waals surface area contributed by atoms with Crippen molar-refractivity contribution in [2.75, 3.05) is 19.6 Å². The zero-order valence-corrected chi connectivity index (χ0v) is 14.4. The third kappa shape index (κ3) is 3.76. The van der Waals surface area contributed by atoms with E-state index in [-0.39, 0.29) is 12.2 Å². The normalized spacial score (nSPS) is 26.7. The Morgan fingerprint density at radius 1 is 1.33 bits per heavy atom. The molecule has 3 atom stereocenters. The topological polar surface area (TPSA) is 87.7 Å². The summed E-state index contributed by atoms with van der Waals surface area (Å²) < 4.78 is 1.45. The third-order valence-corrected chi connectivity index (χ3v) is 5.22. The van der Waals surface area contributed by atoms with Gasteiger partial charge in [0.25, 0.3) is 0 Å². The SMILES string of the molecule is CC(C)N1C2CCC1CN(CC(O)Cn1cc([N+](=O)[O-])cn1)CC2. The van der Waals surface area contributed by atoms with Gasteiger partial charge in [-0.1, -0.05) is 0 Å². The first-order valence-corrected chi connectivity index (χ1v) is 8.78. The van der Waals surface area contributed by atoms with Gasteiger partial charge in [0.1, 0.15) is 12.4 Å². The molecule has 8 heteroatoms. The number of aromatic nitrogens is 2. The van der Waals surface area contributed by atoms with Crippen LogP contribution in [0.2, 0.25) is 0 Å². The fourth-order valence-corrected chi connectivity index (χ4v) is 4.31. The standard InChI is InChI=1S/C16H27N5O3/c1-12(2)20-13-3-4-14(20)8-18(6-5-13)10-16(22)11-19-9-15(7-17-19)21(23)24/h7,9,12-14,16,22H,3-6,8,10-11H2,1-2H3. The highest BCUT2D eigenvalue weighted by Crippen LogP contribution is 2.32. The van der Waals surface area contributed by atoms with Crippen molar-refractivity contribution < 1.29 is 10.0 Å². The molecule has 2 bridgehead atoms. The number of aliphatic hydroxyl groups is 1. The summed E-state index contributed by atoms with van der Waals surface area (Å²) in [5, 5.41) is 25.0. The maximum absolute atomic E-state index is 10.7. The van der Waals surface area contributed by atoms with Crippen LogP contribution in [-0.4, -0.2) is 73.5 Å². The number of nitro groups is 1. The Labute approximate surface area is 142 Å². The molecule has 8 nitrogen and oxygen atoms in total. The molecular formula is C16H27N5O3. The molecule has 3 unspecified atom stereocenters. The predicted octanol–water partition coefficient (Wildman–Crippen LogP) is 1.10. The van der Waals surface area contributed by atoms with Crippen LogP contribution >= 0.6 is 0 Å². The van der Waals surface area contributed by atoms with E-state index in [0.717, 1.165) is 19.5 Å². The Balaban J connectivity index is 1.55. The van der Waals surface area contributed by atoms with Gasteiger partial charge in [0.15, 0.2) is 0 Å². The average Bonchev–Trinajstić information content (AvgIpc) is 3.06. The summed E-state index contributed by atoms with van der Waals surface area (Å²) in [5.74, 6) is 0. The molecule has 2 aliphatic rings. The van der Waals surface area contributed by atoms with Gasteiger partial charge in [-0.05, 0) is 39.7 Å². The lowest BCUT2D eigenvalue weighted by molar-refractivity contribution is -0.385. The van der Waals surface area contributed by atoms with Gasteiger partial charge in [0.05, 0.1) is 17.6 Å². The van der Waals surface area contributed by atoms with E-state index in [9.17, 15) is 15.2 Å². The number of fused-ring (bicyclic) bond motifs is 2. The van der Waals surface area contributed by atoms with Gasteiger partial charge in [-0.3, -0.25) is 24.6 Å². The first-order chi connectivity index (χ1) is 11.4. The Kier molecular flexibility index (Phi) is 5.17. The second kappa shape index (κ2) is 7.16. The summed E-state index contributed by atoms with van der Waals surface area (Å²) in [6.07, 6.45) is 5.69. The molecule has 24 heavy (non-hydrogen) atoms. The van der Waals surface area contributed by atoms with Crippen LogP contribution in [0.3, 0.4) is 0 Å². The van der Waals surface area contributed by atoms with E-state index in [0.29, 0.717) is 24.7 Å². The van der Waals surface area contributed by atoms with E-state index in [2.05, 4.69) is 28.7 Å². The molecule has 0 radical (unpaired) electrons. The summed E-state index contributed by atoms with van der Waals surface area (Å²) in [6, 6.07) is 1.82. The van der Waals surface area contributed by atoms with Gasteiger partial charge in [-0.15, -0.1) is 0 Å². The maximum atomic E-state index is 10.7. The van der Waals surface area contributed by atoms with Crippen LogP contribution in [0.25, 0.3) is 0 Å². The largest absolute Gasteiger partial charge is 0.390 e. The van der Waals surface area contributed by atoms with Gasteiger partial charge in [-0.2, -0.15) is 5.10 Å². The summed E-state index contributed by atoms with van der Waals surface area (Å²) >= 11 is 0. The first kappa shape index (κ1) is 17.3. The van der Waals surface area contributed by atoms with Gasteiger partial charge >= 0.3 is 5.69 Å². The number of hydrogen-bond donors (Lipinski definition) is 1. The van der Waals surface area contributed by atoms with Crippen LogP contribution < -0.4 is 0 Å². The van der Waals surface area contributed by atoms with Crippen molar-refractivity contribution in [3.8, 4) is 0 Å². The number of rotatable bonds is 6. The van der Waals surface area contributed by atoms with Crippen molar-refractivity contribution in [1.29, 1.82) is 0 Å². The van der Waals surface area contributed by atoms with Crippen molar-refractivity contribution in [1.82, 2.24) is 19.6 Å². The zero-order valence-electron chi connectivity index (χ0n) is 14.4. The van der Waals surface area contributed by atoms with E-state index in [1.54, 1.807) is 0 Å². The fraction of sp³-hybridized carbons (Fsp3) is 0.812. The summed E-state index contributed by atoms with van der Waals surface area (Å²) in [5.41, 5.74) is -0.0399. The molecule has 0 aliphatic carbocycles. The van der Waals surface area contributed by atoms with Crippen LogP contribution in [0.5, 0.6) is 0 Å². The van der Waals surface area contributed by atoms with E-state index in [1.807, 2.05) is 0 Å². The molecule has 1 aromatic heterocycles. The first-order valence-electron chi connectivity index (χ1n) is 8.78. The predicted molar refractivity (Wildman–Crippen MR) is 89.7 cm³/mol. The van der Waals surface area contributed by atoms with Gasteiger partial charge in [0, 0.05) is 31.2 Å². The Morgan fingerprint density at radius 2 is 2.08 bits per heavy atom. The molecule has 1 N–H and O–H groups in total. The van der Waals surface area contributed by atoms with Crippen LogP contribution in [0.15, 0.2) is 12.4 Å². The van der Waals surface area contributed by atoms with E-state index in [4.69, 9.17) is 0 Å². The van der Waals surface area contributed by atoms with Gasteiger partial charge < -0.3 is 5.11 Å². The monoisotopic (exact) mass is 337 g/mol. The Bertz CT molecular complexity index is 576. The average molecular weight is 337 g/mol. The zero-order chi connectivity index (χ0) is 17.3. The van der Waals surface area contributed by atoms with Gasteiger partial charge in [-0.25, -0.2) is 0 Å². The number of β-amino-alcohol motifs (C(OH)–C–C–N with tert-alkyl or cyclic N) is 1. The molecule has 2 aliphatic heterocycles. The lowest BCUT2D eigenvalue weighted by atomic mass is 10.1. The smallest absolute Gasteiger partial charge is 0.306 e. The van der Waals surface area contributed by atoms with Gasteiger partial charge in [0.2, 0.25) is 0 Å². The summed E-state index contributed by atoms with van der Waals surface area (Å²) in [4.78, 5) is 15.2. The highest BCUT2D eigenvalue weighted by Gasteiger charge is 2.38. The molecule has 3 heterocycles. The molecule has 0 aromatic carbocycles. The van der Waals surface area contributed by atoms with E-state index in [1.165, 1.54) is 29.9 Å². The number of nitrogens with zero attached hydrogens (tertiary/aromatic N) is 5. The van der Waals surface area contributed by atoms with Crippen molar-refractivity contribution in [2.24, 2.45) is 0 Å². The minimum atomic E-state index is -0.575. The van der Waals surface area contributed by atoms with Crippen molar-refractivity contribution in [2.45, 2.75) is 63.9 Å². The highest BCUT2D eigenvalue weighted by atomic mass is 16.6.